The number of amides is 1. The molecule has 0 aromatic carbocycles. The van der Waals surface area contributed by atoms with Gasteiger partial charge in [0.25, 0.3) is 0 Å². The summed E-state index contributed by atoms with van der Waals surface area (Å²) >= 11 is 1.72. The number of morpholine rings is 1. The van der Waals surface area contributed by atoms with E-state index in [-0.39, 0.29) is 5.91 Å². The molecule has 5 heterocycles. The van der Waals surface area contributed by atoms with Crippen molar-refractivity contribution < 1.29 is 14.6 Å². The molecule has 0 bridgehead atoms. The van der Waals surface area contributed by atoms with Crippen LogP contribution in [0.5, 0.6) is 0 Å². The number of aliphatic hydroxyl groups excluding tert-OH is 1. The molecule has 174 valence electrons. The summed E-state index contributed by atoms with van der Waals surface area (Å²) in [7, 11) is 0. The fourth-order valence-corrected chi connectivity index (χ4v) is 5.33. The van der Waals surface area contributed by atoms with E-state index >= 15 is 0 Å². The third kappa shape index (κ3) is 4.76. The highest BCUT2D eigenvalue weighted by molar-refractivity contribution is 7.19. The Morgan fingerprint density at radius 2 is 1.91 bits per heavy atom. The Morgan fingerprint density at radius 1 is 1.12 bits per heavy atom. The number of hydrogen-bond acceptors (Lipinski definition) is 10. The number of carbonyl (C=O) groups is 1. The highest BCUT2D eigenvalue weighted by Gasteiger charge is 2.23. The Hall–Kier alpha value is -2.86. The molecule has 3 aromatic heterocycles. The maximum absolute atomic E-state index is 11.7. The van der Waals surface area contributed by atoms with E-state index in [2.05, 4.69) is 20.9 Å². The number of rotatable bonds is 5. The summed E-state index contributed by atoms with van der Waals surface area (Å²) in [5.74, 6) is 1.83. The largest absolute Gasteiger partial charge is 0.387 e. The Kier molecular flexibility index (Phi) is 6.36. The van der Waals surface area contributed by atoms with Crippen LogP contribution >= 0.6 is 11.3 Å². The lowest BCUT2D eigenvalue weighted by atomic mass is 10.2. The van der Waals surface area contributed by atoms with E-state index < -0.39 is 6.61 Å². The zero-order chi connectivity index (χ0) is 22.8. The minimum atomic E-state index is -0.425. The first-order valence-electron chi connectivity index (χ1n) is 11.1. The lowest BCUT2D eigenvalue weighted by Gasteiger charge is -2.34. The van der Waals surface area contributed by atoms with Gasteiger partial charge in [-0.05, 0) is 18.2 Å². The Bertz CT molecular complexity index is 1120. The SMILES string of the molecule is Nc1ccc(-c2nc(N3CCOCC3)c3sc(CN4CCN(C(=O)CO)CC4)cc3n2)cn1. The molecule has 2 aliphatic heterocycles. The average Bonchev–Trinajstić information content (AvgIpc) is 3.26. The summed E-state index contributed by atoms with van der Waals surface area (Å²) in [6.45, 7) is 6.15. The molecule has 2 saturated heterocycles. The molecule has 5 rings (SSSR count). The first-order chi connectivity index (χ1) is 16.1. The van der Waals surface area contributed by atoms with E-state index in [4.69, 9.17) is 25.5 Å². The average molecular weight is 470 g/mol. The van der Waals surface area contributed by atoms with E-state index in [0.29, 0.717) is 37.9 Å². The van der Waals surface area contributed by atoms with Gasteiger partial charge >= 0.3 is 0 Å². The monoisotopic (exact) mass is 469 g/mol. The van der Waals surface area contributed by atoms with Gasteiger partial charge in [-0.15, -0.1) is 11.3 Å². The molecule has 0 saturated carbocycles. The summed E-state index contributed by atoms with van der Waals surface area (Å²) in [6.07, 6.45) is 1.71. The zero-order valence-electron chi connectivity index (χ0n) is 18.3. The lowest BCUT2D eigenvalue weighted by molar-refractivity contribution is -0.135. The topological polar surface area (TPSA) is 121 Å². The smallest absolute Gasteiger partial charge is 0.248 e. The molecule has 0 aliphatic carbocycles. The molecule has 0 radical (unpaired) electrons. The summed E-state index contributed by atoms with van der Waals surface area (Å²) < 4.78 is 6.62. The van der Waals surface area contributed by atoms with Gasteiger partial charge in [0.15, 0.2) is 11.6 Å². The van der Waals surface area contributed by atoms with Crippen LogP contribution in [0.25, 0.3) is 21.6 Å². The van der Waals surface area contributed by atoms with Gasteiger partial charge in [-0.1, -0.05) is 0 Å². The molecule has 0 unspecified atom stereocenters. The van der Waals surface area contributed by atoms with E-state index in [9.17, 15) is 4.79 Å². The second kappa shape index (κ2) is 9.56. The summed E-state index contributed by atoms with van der Waals surface area (Å²) in [6, 6.07) is 5.80. The number of aliphatic hydroxyl groups is 1. The number of carbonyl (C=O) groups excluding carboxylic acids is 1. The number of nitrogens with two attached hydrogens (primary N) is 1. The van der Waals surface area contributed by atoms with Crippen molar-refractivity contribution in [1.82, 2.24) is 24.8 Å². The molecule has 3 aromatic rings. The zero-order valence-corrected chi connectivity index (χ0v) is 19.1. The highest BCUT2D eigenvalue weighted by Crippen LogP contribution is 2.35. The molecule has 2 fully saturated rings. The van der Waals surface area contributed by atoms with Gasteiger partial charge in [-0.2, -0.15) is 0 Å². The number of nitrogens with zero attached hydrogens (tertiary/aromatic N) is 6. The van der Waals surface area contributed by atoms with Crippen LogP contribution < -0.4 is 10.6 Å². The van der Waals surface area contributed by atoms with Crippen molar-refractivity contribution in [3.8, 4) is 11.4 Å². The van der Waals surface area contributed by atoms with Gasteiger partial charge < -0.3 is 25.4 Å². The fraction of sp³-hybridized carbons (Fsp3) is 0.455. The number of hydrogen-bond donors (Lipinski definition) is 2. The lowest BCUT2D eigenvalue weighted by Crippen LogP contribution is -2.49. The van der Waals surface area contributed by atoms with E-state index in [0.717, 1.165) is 54.3 Å². The van der Waals surface area contributed by atoms with Gasteiger partial charge in [0.05, 0.1) is 23.4 Å². The highest BCUT2D eigenvalue weighted by atomic mass is 32.1. The number of aromatic nitrogens is 3. The minimum Gasteiger partial charge on any atom is -0.387 e. The standard InChI is InChI=1S/C22H27N7O3S/c23-18-2-1-15(12-24-18)21-25-17-11-16(13-27-3-5-28(6-4-27)19(31)14-30)33-20(17)22(26-21)29-7-9-32-10-8-29/h1-2,11-12,30H,3-10,13-14H2,(H2,23,24). The molecule has 3 N–H and O–H groups in total. The van der Waals surface area contributed by atoms with Gasteiger partial charge in [0.1, 0.15) is 12.4 Å². The van der Waals surface area contributed by atoms with E-state index in [1.165, 1.54) is 4.88 Å². The van der Waals surface area contributed by atoms with Crippen LogP contribution in [0, 0.1) is 0 Å². The maximum Gasteiger partial charge on any atom is 0.248 e. The molecule has 0 atom stereocenters. The molecule has 0 spiro atoms. The summed E-state index contributed by atoms with van der Waals surface area (Å²) in [4.78, 5) is 33.2. The predicted octanol–water partition coefficient (Wildman–Crippen LogP) is 0.809. The number of nitrogen functional groups attached to an aromatic ring is 1. The number of ether oxygens (including phenoxy) is 1. The number of thiophene rings is 1. The van der Waals surface area contributed by atoms with Crippen LogP contribution in [0.3, 0.4) is 0 Å². The van der Waals surface area contributed by atoms with Crippen LogP contribution in [0.2, 0.25) is 0 Å². The molecule has 1 amide bonds. The van der Waals surface area contributed by atoms with Crippen molar-refractivity contribution >= 4 is 39.1 Å². The first-order valence-corrected chi connectivity index (χ1v) is 11.9. The van der Waals surface area contributed by atoms with Crippen LogP contribution in [-0.4, -0.2) is 94.9 Å². The van der Waals surface area contributed by atoms with E-state index in [1.54, 1.807) is 28.5 Å². The summed E-state index contributed by atoms with van der Waals surface area (Å²) in [5, 5.41) is 9.08. The van der Waals surface area contributed by atoms with Crippen LogP contribution in [0.1, 0.15) is 4.88 Å². The van der Waals surface area contributed by atoms with Crippen molar-refractivity contribution in [2.75, 3.05) is 69.7 Å². The Morgan fingerprint density at radius 3 is 2.61 bits per heavy atom. The Labute approximate surface area is 195 Å². The second-order valence-electron chi connectivity index (χ2n) is 8.18. The third-order valence-corrected chi connectivity index (χ3v) is 7.10. The number of pyridine rings is 1. The van der Waals surface area contributed by atoms with Crippen LogP contribution in [0.4, 0.5) is 11.6 Å². The van der Waals surface area contributed by atoms with E-state index in [1.807, 2.05) is 6.07 Å². The predicted molar refractivity (Wildman–Crippen MR) is 127 cm³/mol. The molecule has 11 heteroatoms. The normalized spacial score (nSPS) is 17.6. The van der Waals surface area contributed by atoms with Crippen molar-refractivity contribution in [3.63, 3.8) is 0 Å². The van der Waals surface area contributed by atoms with Gasteiger partial charge in [0.2, 0.25) is 5.91 Å². The van der Waals surface area contributed by atoms with Gasteiger partial charge in [-0.3, -0.25) is 9.69 Å². The van der Waals surface area contributed by atoms with Crippen molar-refractivity contribution in [2.45, 2.75) is 6.54 Å². The third-order valence-electron chi connectivity index (χ3n) is 6.00. The minimum absolute atomic E-state index is 0.202. The molecule has 33 heavy (non-hydrogen) atoms. The van der Waals surface area contributed by atoms with Gasteiger partial charge in [-0.25, -0.2) is 15.0 Å². The molecule has 2 aliphatic rings. The maximum atomic E-state index is 11.7. The summed E-state index contributed by atoms with van der Waals surface area (Å²) in [5.41, 5.74) is 7.51. The molecular weight excluding hydrogens is 442 g/mol. The molecular formula is C22H27N7O3S. The number of anilines is 2. The van der Waals surface area contributed by atoms with Crippen molar-refractivity contribution in [2.24, 2.45) is 0 Å². The van der Waals surface area contributed by atoms with Crippen LogP contribution in [0.15, 0.2) is 24.4 Å². The quantitative estimate of drug-likeness (QED) is 0.559. The van der Waals surface area contributed by atoms with Crippen LogP contribution in [-0.2, 0) is 16.1 Å². The van der Waals surface area contributed by atoms with Crippen molar-refractivity contribution in [1.29, 1.82) is 0 Å². The number of fused-ring (bicyclic) bond motifs is 1. The molecule has 10 nitrogen and oxygen atoms in total. The second-order valence-corrected chi connectivity index (χ2v) is 9.32. The fourth-order valence-electron chi connectivity index (χ4n) is 4.17. The first kappa shape index (κ1) is 22.0. The number of piperazine rings is 1. The van der Waals surface area contributed by atoms with Crippen molar-refractivity contribution in [3.05, 3.63) is 29.3 Å². The van der Waals surface area contributed by atoms with Gasteiger partial charge in [0, 0.05) is 62.5 Å². The Balaban J connectivity index is 1.43.